The van der Waals surface area contributed by atoms with Crippen molar-refractivity contribution in [3.63, 3.8) is 0 Å². The Morgan fingerprint density at radius 3 is 2.76 bits per heavy atom. The summed E-state index contributed by atoms with van der Waals surface area (Å²) >= 11 is 11.2. The van der Waals surface area contributed by atoms with Gasteiger partial charge in [-0.2, -0.15) is 0 Å². The molecule has 2 heterocycles. The van der Waals surface area contributed by atoms with E-state index in [-0.39, 0.29) is 23.2 Å². The lowest BCUT2D eigenvalue weighted by Crippen LogP contribution is -2.16. The Morgan fingerprint density at radius 1 is 1.47 bits per heavy atom. The topological polar surface area (TPSA) is 84.5 Å². The predicted octanol–water partition coefficient (Wildman–Crippen LogP) is 1.04. The molecule has 0 saturated heterocycles. The molecule has 1 aromatic rings. The minimum Gasteiger partial charge on any atom is -0.400 e. The molecule has 0 bridgehead atoms. The first kappa shape index (κ1) is 11.8. The molecule has 2 N–H and O–H groups in total. The highest BCUT2D eigenvalue weighted by Crippen LogP contribution is 2.17. The third-order valence-electron chi connectivity index (χ3n) is 2.04. The number of aromatic nitrogens is 2. The summed E-state index contributed by atoms with van der Waals surface area (Å²) < 4.78 is 0.990. The monoisotopic (exact) mass is 271 g/mol. The molecule has 1 aromatic heterocycles. The van der Waals surface area contributed by atoms with Crippen LogP contribution >= 0.6 is 23.4 Å². The molecule has 0 fully saturated rings. The van der Waals surface area contributed by atoms with Crippen LogP contribution in [0.25, 0.3) is 0 Å². The van der Waals surface area contributed by atoms with E-state index in [1.807, 2.05) is 0 Å². The van der Waals surface area contributed by atoms with Crippen LogP contribution in [0.4, 0.5) is 5.82 Å². The van der Waals surface area contributed by atoms with Crippen molar-refractivity contribution in [1.29, 1.82) is 0 Å². The minimum absolute atomic E-state index is 0.189. The fourth-order valence-corrected chi connectivity index (χ4v) is 1.53. The molecule has 8 heteroatoms. The van der Waals surface area contributed by atoms with E-state index in [1.165, 1.54) is 18.6 Å². The summed E-state index contributed by atoms with van der Waals surface area (Å²) in [5.74, 6) is -0.0506. The van der Waals surface area contributed by atoms with Gasteiger partial charge in [0.2, 0.25) is 0 Å². The number of rotatable bonds is 2. The highest BCUT2D eigenvalue weighted by Gasteiger charge is 2.26. The SMILES string of the molecule is NC1=C(/C=N/c2cnc(Cl)cn2)C(=O)N(Cl)C1. The Bertz CT molecular complexity index is 511. The molecule has 2 rings (SSSR count). The third kappa shape index (κ3) is 2.54. The molecule has 6 nitrogen and oxygen atoms in total. The molecule has 0 saturated carbocycles. The third-order valence-corrected chi connectivity index (χ3v) is 2.51. The lowest BCUT2D eigenvalue weighted by Gasteiger charge is -2.01. The summed E-state index contributed by atoms with van der Waals surface area (Å²) in [6.45, 7) is 0.189. The number of halogens is 2. The molecule has 1 aliphatic rings. The van der Waals surface area contributed by atoms with E-state index >= 15 is 0 Å². The van der Waals surface area contributed by atoms with Crippen molar-refractivity contribution in [2.24, 2.45) is 10.7 Å². The largest absolute Gasteiger partial charge is 0.400 e. The first-order chi connectivity index (χ1) is 8.08. The smallest absolute Gasteiger partial charge is 0.271 e. The second-order valence-corrected chi connectivity index (χ2v) is 4.02. The van der Waals surface area contributed by atoms with Crippen molar-refractivity contribution < 1.29 is 4.79 Å². The number of hydrogen-bond donors (Lipinski definition) is 1. The first-order valence-electron chi connectivity index (χ1n) is 4.56. The van der Waals surface area contributed by atoms with Crippen LogP contribution in [-0.4, -0.2) is 33.1 Å². The van der Waals surface area contributed by atoms with E-state index in [0.717, 1.165) is 4.42 Å². The van der Waals surface area contributed by atoms with Crippen LogP contribution in [0.15, 0.2) is 28.7 Å². The second kappa shape index (κ2) is 4.68. The van der Waals surface area contributed by atoms with Crippen LogP contribution in [-0.2, 0) is 4.79 Å². The highest BCUT2D eigenvalue weighted by atomic mass is 35.5. The molecular formula is C9H7Cl2N5O. The average Bonchev–Trinajstić information content (AvgIpc) is 2.54. The van der Waals surface area contributed by atoms with Crippen molar-refractivity contribution in [1.82, 2.24) is 14.4 Å². The Hall–Kier alpha value is -1.66. The van der Waals surface area contributed by atoms with Crippen molar-refractivity contribution in [3.8, 4) is 0 Å². The maximum absolute atomic E-state index is 11.5. The zero-order valence-electron chi connectivity index (χ0n) is 8.47. The molecule has 1 aliphatic heterocycles. The van der Waals surface area contributed by atoms with Gasteiger partial charge in [0.15, 0.2) is 5.82 Å². The van der Waals surface area contributed by atoms with Gasteiger partial charge in [-0.3, -0.25) is 4.79 Å². The minimum atomic E-state index is -0.380. The normalized spacial score (nSPS) is 16.4. The molecule has 0 aliphatic carbocycles. The Balaban J connectivity index is 2.19. The quantitative estimate of drug-likeness (QED) is 0.644. The van der Waals surface area contributed by atoms with E-state index in [4.69, 9.17) is 29.1 Å². The molecule has 17 heavy (non-hydrogen) atoms. The van der Waals surface area contributed by atoms with Gasteiger partial charge in [-0.25, -0.2) is 19.4 Å². The van der Waals surface area contributed by atoms with Gasteiger partial charge < -0.3 is 5.73 Å². The number of carbonyl (C=O) groups is 1. The zero-order valence-corrected chi connectivity index (χ0v) is 9.98. The zero-order chi connectivity index (χ0) is 12.4. The van der Waals surface area contributed by atoms with Crippen LogP contribution in [0, 0.1) is 0 Å². The van der Waals surface area contributed by atoms with E-state index in [1.54, 1.807) is 0 Å². The van der Waals surface area contributed by atoms with Gasteiger partial charge in [0.1, 0.15) is 5.15 Å². The maximum Gasteiger partial charge on any atom is 0.271 e. The summed E-state index contributed by atoms with van der Waals surface area (Å²) in [5, 5.41) is 0.270. The number of amides is 1. The fraction of sp³-hybridized carbons (Fsp3) is 0.111. The molecule has 0 unspecified atom stereocenters. The fourth-order valence-electron chi connectivity index (χ4n) is 1.22. The van der Waals surface area contributed by atoms with Gasteiger partial charge in [0.25, 0.3) is 5.91 Å². The predicted molar refractivity (Wildman–Crippen MR) is 64.0 cm³/mol. The van der Waals surface area contributed by atoms with Gasteiger partial charge in [-0.05, 0) is 0 Å². The summed E-state index contributed by atoms with van der Waals surface area (Å²) in [6, 6.07) is 0. The molecule has 88 valence electrons. The highest BCUT2D eigenvalue weighted by molar-refractivity contribution is 6.30. The molecular weight excluding hydrogens is 265 g/mol. The number of nitrogens with zero attached hydrogens (tertiary/aromatic N) is 4. The van der Waals surface area contributed by atoms with Crippen LogP contribution in [0.3, 0.4) is 0 Å². The second-order valence-electron chi connectivity index (χ2n) is 3.22. The Kier molecular flexibility index (Phi) is 3.26. The molecule has 0 atom stereocenters. The van der Waals surface area contributed by atoms with Gasteiger partial charge in [-0.15, -0.1) is 0 Å². The van der Waals surface area contributed by atoms with Crippen LogP contribution < -0.4 is 5.73 Å². The van der Waals surface area contributed by atoms with E-state index < -0.39 is 0 Å². The number of hydrogen-bond acceptors (Lipinski definition) is 5. The summed E-state index contributed by atoms with van der Waals surface area (Å²) in [6.07, 6.45) is 4.06. The Morgan fingerprint density at radius 2 is 2.24 bits per heavy atom. The average molecular weight is 272 g/mol. The number of carbonyl (C=O) groups excluding carboxylic acids is 1. The molecule has 0 spiro atoms. The summed E-state index contributed by atoms with van der Waals surface area (Å²) in [7, 11) is 0. The lowest BCUT2D eigenvalue weighted by atomic mass is 10.2. The van der Waals surface area contributed by atoms with Crippen LogP contribution in [0.2, 0.25) is 5.15 Å². The van der Waals surface area contributed by atoms with E-state index in [9.17, 15) is 4.79 Å². The lowest BCUT2D eigenvalue weighted by molar-refractivity contribution is -0.120. The molecule has 0 radical (unpaired) electrons. The molecule has 1 amide bonds. The van der Waals surface area contributed by atoms with Crippen molar-refractivity contribution in [3.05, 3.63) is 28.8 Å². The number of nitrogens with two attached hydrogens (primary N) is 1. The molecule has 0 aromatic carbocycles. The van der Waals surface area contributed by atoms with Crippen molar-refractivity contribution >= 4 is 41.3 Å². The summed E-state index contributed by atoms with van der Waals surface area (Å²) in [4.78, 5) is 23.2. The number of aliphatic imine (C=N–C) groups is 1. The van der Waals surface area contributed by atoms with Gasteiger partial charge in [0.05, 0.1) is 24.5 Å². The van der Waals surface area contributed by atoms with Crippen molar-refractivity contribution in [2.45, 2.75) is 0 Å². The van der Waals surface area contributed by atoms with E-state index in [2.05, 4.69) is 15.0 Å². The maximum atomic E-state index is 11.5. The van der Waals surface area contributed by atoms with Crippen LogP contribution in [0.1, 0.15) is 0 Å². The summed E-state index contributed by atoms with van der Waals surface area (Å²) in [5.41, 5.74) is 6.26. The Labute approximate surface area is 107 Å². The van der Waals surface area contributed by atoms with Crippen molar-refractivity contribution in [2.75, 3.05) is 6.54 Å². The first-order valence-corrected chi connectivity index (χ1v) is 5.27. The van der Waals surface area contributed by atoms with E-state index in [0.29, 0.717) is 11.5 Å². The van der Waals surface area contributed by atoms with Gasteiger partial charge in [-0.1, -0.05) is 11.6 Å². The van der Waals surface area contributed by atoms with Crippen LogP contribution in [0.5, 0.6) is 0 Å². The standard InChI is InChI=1S/C9H7Cl2N5O/c10-7-2-15-8(3-13-7)14-1-5-6(12)4-16(11)9(5)17/h1-3H,4,12H2/b14-1+. The van der Waals surface area contributed by atoms with Gasteiger partial charge in [0, 0.05) is 23.7 Å². The van der Waals surface area contributed by atoms with Gasteiger partial charge >= 0.3 is 0 Å².